The molecule has 1 unspecified atom stereocenters. The molecule has 15 heavy (non-hydrogen) atoms. The van der Waals surface area contributed by atoms with Gasteiger partial charge in [0.25, 0.3) is 6.43 Å². The lowest BCUT2D eigenvalue weighted by atomic mass is 10.2. The predicted octanol–water partition coefficient (Wildman–Crippen LogP) is 0.809. The van der Waals surface area contributed by atoms with Crippen LogP contribution in [0.2, 0.25) is 0 Å². The standard InChI is InChI=1S/C9H17F2NO3/c1-7(5-9(13)14-2)12-3-4-15-6-8(10)11/h7-8,12H,3-6H2,1-2H3. The van der Waals surface area contributed by atoms with Crippen LogP contribution in [0.4, 0.5) is 8.78 Å². The lowest BCUT2D eigenvalue weighted by molar-refractivity contribution is -0.141. The van der Waals surface area contributed by atoms with Crippen molar-refractivity contribution in [2.75, 3.05) is 26.9 Å². The molecule has 0 aromatic rings. The summed E-state index contributed by atoms with van der Waals surface area (Å²) in [7, 11) is 1.32. The van der Waals surface area contributed by atoms with Gasteiger partial charge in [0.1, 0.15) is 6.61 Å². The van der Waals surface area contributed by atoms with E-state index in [2.05, 4.69) is 14.8 Å². The molecule has 0 aliphatic heterocycles. The van der Waals surface area contributed by atoms with Gasteiger partial charge in [0.15, 0.2) is 0 Å². The number of nitrogens with one attached hydrogen (secondary N) is 1. The lowest BCUT2D eigenvalue weighted by Crippen LogP contribution is -2.32. The molecule has 0 aliphatic rings. The number of carbonyl (C=O) groups excluding carboxylic acids is 1. The fraction of sp³-hybridized carbons (Fsp3) is 0.889. The normalized spacial score (nSPS) is 12.9. The highest BCUT2D eigenvalue weighted by Crippen LogP contribution is 1.94. The van der Waals surface area contributed by atoms with Crippen LogP contribution in [0.3, 0.4) is 0 Å². The number of ether oxygens (including phenoxy) is 2. The van der Waals surface area contributed by atoms with Crippen molar-refractivity contribution < 1.29 is 23.0 Å². The van der Waals surface area contributed by atoms with E-state index in [-0.39, 0.29) is 25.0 Å². The molecule has 0 saturated heterocycles. The zero-order valence-electron chi connectivity index (χ0n) is 8.96. The highest BCUT2D eigenvalue weighted by molar-refractivity contribution is 5.69. The van der Waals surface area contributed by atoms with Gasteiger partial charge in [-0.2, -0.15) is 0 Å². The van der Waals surface area contributed by atoms with Crippen LogP contribution in [-0.2, 0) is 14.3 Å². The first-order valence-corrected chi connectivity index (χ1v) is 4.72. The summed E-state index contributed by atoms with van der Waals surface area (Å²) in [5, 5.41) is 2.95. The van der Waals surface area contributed by atoms with Crippen molar-refractivity contribution in [3.63, 3.8) is 0 Å². The minimum absolute atomic E-state index is 0.0485. The Labute approximate surface area is 87.9 Å². The summed E-state index contributed by atoms with van der Waals surface area (Å²) in [4.78, 5) is 10.8. The van der Waals surface area contributed by atoms with Crippen LogP contribution >= 0.6 is 0 Å². The second kappa shape index (κ2) is 8.55. The van der Waals surface area contributed by atoms with Gasteiger partial charge in [0.05, 0.1) is 20.1 Å². The fourth-order valence-corrected chi connectivity index (χ4v) is 0.955. The Morgan fingerprint density at radius 2 is 2.13 bits per heavy atom. The quantitative estimate of drug-likeness (QED) is 0.490. The van der Waals surface area contributed by atoms with Crippen molar-refractivity contribution in [2.45, 2.75) is 25.8 Å². The zero-order valence-corrected chi connectivity index (χ0v) is 8.96. The molecule has 0 fully saturated rings. The summed E-state index contributed by atoms with van der Waals surface area (Å²) < 4.78 is 32.4. The summed E-state index contributed by atoms with van der Waals surface area (Å²) in [6, 6.07) is -0.0485. The number of halogens is 2. The Kier molecular flexibility index (Phi) is 8.12. The molecule has 1 N–H and O–H groups in total. The van der Waals surface area contributed by atoms with Gasteiger partial charge in [-0.25, -0.2) is 8.78 Å². The van der Waals surface area contributed by atoms with Gasteiger partial charge in [-0.15, -0.1) is 0 Å². The predicted molar refractivity (Wildman–Crippen MR) is 50.9 cm³/mol. The molecule has 0 spiro atoms. The molecule has 6 heteroatoms. The van der Waals surface area contributed by atoms with Gasteiger partial charge < -0.3 is 14.8 Å². The highest BCUT2D eigenvalue weighted by atomic mass is 19.3. The van der Waals surface area contributed by atoms with E-state index < -0.39 is 13.0 Å². The largest absolute Gasteiger partial charge is 0.469 e. The Bertz CT molecular complexity index is 179. The molecule has 90 valence electrons. The SMILES string of the molecule is COC(=O)CC(C)NCCOCC(F)F. The average molecular weight is 225 g/mol. The van der Waals surface area contributed by atoms with E-state index in [4.69, 9.17) is 0 Å². The van der Waals surface area contributed by atoms with Crippen molar-refractivity contribution in [3.8, 4) is 0 Å². The third kappa shape index (κ3) is 9.55. The number of alkyl halides is 2. The minimum Gasteiger partial charge on any atom is -0.469 e. The Morgan fingerprint density at radius 1 is 1.47 bits per heavy atom. The van der Waals surface area contributed by atoms with Crippen LogP contribution in [0, 0.1) is 0 Å². The second-order valence-corrected chi connectivity index (χ2v) is 3.10. The zero-order chi connectivity index (χ0) is 11.7. The van der Waals surface area contributed by atoms with Crippen LogP contribution in [0.5, 0.6) is 0 Å². The van der Waals surface area contributed by atoms with E-state index >= 15 is 0 Å². The number of methoxy groups -OCH3 is 1. The molecule has 4 nitrogen and oxygen atoms in total. The van der Waals surface area contributed by atoms with Gasteiger partial charge >= 0.3 is 5.97 Å². The third-order valence-corrected chi connectivity index (χ3v) is 1.68. The van der Waals surface area contributed by atoms with Crippen LogP contribution < -0.4 is 5.32 Å². The summed E-state index contributed by atoms with van der Waals surface area (Å²) >= 11 is 0. The topological polar surface area (TPSA) is 47.6 Å². The number of esters is 1. The van der Waals surface area contributed by atoms with E-state index in [1.807, 2.05) is 6.92 Å². The van der Waals surface area contributed by atoms with Crippen molar-refractivity contribution in [2.24, 2.45) is 0 Å². The molecule has 0 bridgehead atoms. The molecule has 0 heterocycles. The third-order valence-electron chi connectivity index (χ3n) is 1.68. The summed E-state index contributed by atoms with van der Waals surface area (Å²) in [6.07, 6.45) is -2.18. The molecular formula is C9H17F2NO3. The fourth-order valence-electron chi connectivity index (χ4n) is 0.955. The van der Waals surface area contributed by atoms with Crippen molar-refractivity contribution in [3.05, 3.63) is 0 Å². The van der Waals surface area contributed by atoms with Gasteiger partial charge in [0, 0.05) is 12.6 Å². The molecular weight excluding hydrogens is 208 g/mol. The first kappa shape index (κ1) is 14.2. The van der Waals surface area contributed by atoms with E-state index in [1.54, 1.807) is 0 Å². The summed E-state index contributed by atoms with van der Waals surface area (Å²) in [6.45, 7) is 1.90. The smallest absolute Gasteiger partial charge is 0.307 e. The monoisotopic (exact) mass is 225 g/mol. The van der Waals surface area contributed by atoms with Crippen LogP contribution in [0.15, 0.2) is 0 Å². The maximum atomic E-state index is 11.6. The molecule has 0 aliphatic carbocycles. The summed E-state index contributed by atoms with van der Waals surface area (Å²) in [5.41, 5.74) is 0. The Balaban J connectivity index is 3.31. The summed E-state index contributed by atoms with van der Waals surface area (Å²) in [5.74, 6) is -0.302. The van der Waals surface area contributed by atoms with Crippen molar-refractivity contribution in [1.29, 1.82) is 0 Å². The molecule has 1 atom stereocenters. The number of rotatable bonds is 8. The van der Waals surface area contributed by atoms with Gasteiger partial charge in [-0.05, 0) is 6.92 Å². The van der Waals surface area contributed by atoms with Gasteiger partial charge in [-0.3, -0.25) is 4.79 Å². The maximum Gasteiger partial charge on any atom is 0.307 e. The van der Waals surface area contributed by atoms with Gasteiger partial charge in [0.2, 0.25) is 0 Å². The van der Waals surface area contributed by atoms with Crippen LogP contribution in [0.1, 0.15) is 13.3 Å². The number of carbonyl (C=O) groups is 1. The van der Waals surface area contributed by atoms with E-state index in [0.29, 0.717) is 6.54 Å². The van der Waals surface area contributed by atoms with E-state index in [9.17, 15) is 13.6 Å². The Morgan fingerprint density at radius 3 is 2.67 bits per heavy atom. The van der Waals surface area contributed by atoms with Gasteiger partial charge in [-0.1, -0.05) is 0 Å². The van der Waals surface area contributed by atoms with Crippen molar-refractivity contribution in [1.82, 2.24) is 5.32 Å². The molecule has 0 rings (SSSR count). The molecule has 0 aromatic heterocycles. The first-order chi connectivity index (χ1) is 7.06. The highest BCUT2D eigenvalue weighted by Gasteiger charge is 2.08. The minimum atomic E-state index is -2.43. The number of hydrogen-bond acceptors (Lipinski definition) is 4. The maximum absolute atomic E-state index is 11.6. The van der Waals surface area contributed by atoms with E-state index in [1.165, 1.54) is 7.11 Å². The molecule has 0 saturated carbocycles. The van der Waals surface area contributed by atoms with Crippen LogP contribution in [-0.4, -0.2) is 45.3 Å². The van der Waals surface area contributed by atoms with E-state index in [0.717, 1.165) is 0 Å². The second-order valence-electron chi connectivity index (χ2n) is 3.10. The molecule has 0 amide bonds. The average Bonchev–Trinajstić information content (AvgIpc) is 2.16. The van der Waals surface area contributed by atoms with Crippen molar-refractivity contribution >= 4 is 5.97 Å². The molecule has 0 aromatic carbocycles. The first-order valence-electron chi connectivity index (χ1n) is 4.72. The van der Waals surface area contributed by atoms with Crippen LogP contribution in [0.25, 0.3) is 0 Å². The molecule has 0 radical (unpaired) electrons. The lowest BCUT2D eigenvalue weighted by Gasteiger charge is -2.12. The number of hydrogen-bond donors (Lipinski definition) is 1. The Hall–Kier alpha value is -0.750.